The van der Waals surface area contributed by atoms with Crippen molar-refractivity contribution < 1.29 is 0 Å². The lowest BCUT2D eigenvalue weighted by Crippen LogP contribution is -2.03. The van der Waals surface area contributed by atoms with E-state index < -0.39 is 0 Å². The molecule has 4 aliphatic rings. The van der Waals surface area contributed by atoms with Crippen LogP contribution in [0.15, 0.2) is 94.7 Å². The zero-order chi connectivity index (χ0) is 12.7. The summed E-state index contributed by atoms with van der Waals surface area (Å²) in [7, 11) is 0. The number of rotatable bonds is 0. The highest BCUT2D eigenvalue weighted by atomic mass is 14.4. The summed E-state index contributed by atoms with van der Waals surface area (Å²) >= 11 is 0. The fraction of sp³-hybridized carbons (Fsp3) is 0.158. The molecule has 92 valence electrons. The predicted octanol–water partition coefficient (Wildman–Crippen LogP) is 4.74. The van der Waals surface area contributed by atoms with Crippen molar-refractivity contribution in [3.8, 4) is 0 Å². The zero-order valence-electron chi connectivity index (χ0n) is 10.8. The Hall–Kier alpha value is -2.08. The van der Waals surface area contributed by atoms with Gasteiger partial charge in [0.1, 0.15) is 0 Å². The van der Waals surface area contributed by atoms with E-state index in [0.717, 1.165) is 12.8 Å². The smallest absolute Gasteiger partial charge is 0.0252 e. The van der Waals surface area contributed by atoms with E-state index in [2.05, 4.69) is 66.8 Å². The molecule has 0 amide bonds. The summed E-state index contributed by atoms with van der Waals surface area (Å²) in [5.74, 6) is 0.479. The van der Waals surface area contributed by atoms with Crippen LogP contribution in [0, 0.1) is 5.92 Å². The first kappa shape index (κ1) is 10.8. The molecule has 0 aromatic carbocycles. The Morgan fingerprint density at radius 2 is 1.74 bits per heavy atom. The normalized spacial score (nSPS) is 31.4. The third-order valence-corrected chi connectivity index (χ3v) is 4.28. The summed E-state index contributed by atoms with van der Waals surface area (Å²) in [6, 6.07) is 0. The molecule has 1 unspecified atom stereocenters. The average molecular weight is 244 g/mol. The molecule has 0 saturated carbocycles. The van der Waals surface area contributed by atoms with Gasteiger partial charge in [0.05, 0.1) is 0 Å². The molecule has 0 heteroatoms. The lowest BCUT2D eigenvalue weighted by atomic mass is 9.87. The largest absolute Gasteiger partial charge is 0.0841 e. The quantitative estimate of drug-likeness (QED) is 0.540. The van der Waals surface area contributed by atoms with E-state index in [1.165, 1.54) is 16.7 Å². The second kappa shape index (κ2) is 4.24. The standard InChI is InChI=1S/C19H16/c1-2-8-14-9-4-5-13-18-16-11-7-6-10-15(16)17(12-3-1)19(14)18/h1-9,12-13,18H,10-11H2/b2-1-,3-1?,8-2?,12-3?,14-8-,17-12?. The van der Waals surface area contributed by atoms with Gasteiger partial charge >= 0.3 is 0 Å². The Morgan fingerprint density at radius 1 is 0.842 bits per heavy atom. The van der Waals surface area contributed by atoms with Crippen LogP contribution in [0.2, 0.25) is 0 Å². The van der Waals surface area contributed by atoms with E-state index in [4.69, 9.17) is 0 Å². The number of fused-ring (bicyclic) bond motifs is 2. The van der Waals surface area contributed by atoms with Gasteiger partial charge in [-0.05, 0) is 35.1 Å². The van der Waals surface area contributed by atoms with Crippen LogP contribution in [0.4, 0.5) is 0 Å². The van der Waals surface area contributed by atoms with Crippen LogP contribution in [0.3, 0.4) is 0 Å². The molecule has 0 aromatic heterocycles. The molecule has 0 radical (unpaired) electrons. The van der Waals surface area contributed by atoms with E-state index >= 15 is 0 Å². The predicted molar refractivity (Wildman–Crippen MR) is 80.6 cm³/mol. The minimum atomic E-state index is 0.479. The molecule has 0 N–H and O–H groups in total. The van der Waals surface area contributed by atoms with Gasteiger partial charge in [-0.3, -0.25) is 0 Å². The van der Waals surface area contributed by atoms with Crippen molar-refractivity contribution in [2.75, 3.05) is 0 Å². The highest BCUT2D eigenvalue weighted by Crippen LogP contribution is 2.48. The molecule has 0 bridgehead atoms. The topological polar surface area (TPSA) is 0 Å². The molecular weight excluding hydrogens is 228 g/mol. The van der Waals surface area contributed by atoms with Crippen LogP contribution in [-0.2, 0) is 0 Å². The minimum absolute atomic E-state index is 0.479. The maximum atomic E-state index is 2.35. The monoisotopic (exact) mass is 244 g/mol. The minimum Gasteiger partial charge on any atom is -0.0841 e. The lowest BCUT2D eigenvalue weighted by Gasteiger charge is -2.16. The van der Waals surface area contributed by atoms with Crippen LogP contribution >= 0.6 is 0 Å². The Kier molecular flexibility index (Phi) is 2.41. The maximum Gasteiger partial charge on any atom is 0.0252 e. The van der Waals surface area contributed by atoms with Gasteiger partial charge in [0.25, 0.3) is 0 Å². The van der Waals surface area contributed by atoms with Crippen LogP contribution < -0.4 is 0 Å². The zero-order valence-corrected chi connectivity index (χ0v) is 10.8. The highest BCUT2D eigenvalue weighted by Gasteiger charge is 2.32. The van der Waals surface area contributed by atoms with Gasteiger partial charge in [0.15, 0.2) is 0 Å². The first-order chi connectivity index (χ1) is 9.45. The first-order valence-corrected chi connectivity index (χ1v) is 6.97. The van der Waals surface area contributed by atoms with Crippen LogP contribution in [0.25, 0.3) is 0 Å². The van der Waals surface area contributed by atoms with E-state index in [1.807, 2.05) is 0 Å². The second-order valence-electron chi connectivity index (χ2n) is 5.30. The molecule has 0 aliphatic heterocycles. The molecule has 0 fully saturated rings. The molecular formula is C19H16. The van der Waals surface area contributed by atoms with Crippen molar-refractivity contribution in [2.24, 2.45) is 5.92 Å². The molecule has 0 heterocycles. The SMILES string of the molecule is C1=C/C2=C/C=C\C=CC3=C2C(C=C1)C1=C3CC=CC1. The van der Waals surface area contributed by atoms with Crippen molar-refractivity contribution >= 4 is 0 Å². The molecule has 0 spiro atoms. The Balaban J connectivity index is 1.96. The van der Waals surface area contributed by atoms with Crippen molar-refractivity contribution in [1.29, 1.82) is 0 Å². The Bertz CT molecular complexity index is 667. The molecule has 19 heavy (non-hydrogen) atoms. The van der Waals surface area contributed by atoms with Gasteiger partial charge in [-0.2, -0.15) is 0 Å². The molecule has 4 aliphatic carbocycles. The summed E-state index contributed by atoms with van der Waals surface area (Å²) in [6.45, 7) is 0. The van der Waals surface area contributed by atoms with E-state index in [1.54, 1.807) is 11.1 Å². The molecule has 0 saturated heterocycles. The molecule has 0 nitrogen and oxygen atoms in total. The summed E-state index contributed by atoms with van der Waals surface area (Å²) in [5.41, 5.74) is 7.47. The van der Waals surface area contributed by atoms with E-state index in [0.29, 0.717) is 5.92 Å². The lowest BCUT2D eigenvalue weighted by molar-refractivity contribution is 0.877. The van der Waals surface area contributed by atoms with E-state index in [-0.39, 0.29) is 0 Å². The van der Waals surface area contributed by atoms with Gasteiger partial charge in [0, 0.05) is 5.92 Å². The fourth-order valence-electron chi connectivity index (χ4n) is 3.45. The van der Waals surface area contributed by atoms with Crippen molar-refractivity contribution in [1.82, 2.24) is 0 Å². The van der Waals surface area contributed by atoms with Crippen LogP contribution in [-0.4, -0.2) is 0 Å². The van der Waals surface area contributed by atoms with Crippen LogP contribution in [0.5, 0.6) is 0 Å². The van der Waals surface area contributed by atoms with Crippen molar-refractivity contribution in [3.05, 3.63) is 94.7 Å². The third-order valence-electron chi connectivity index (χ3n) is 4.28. The second-order valence-corrected chi connectivity index (χ2v) is 5.30. The molecule has 0 aromatic rings. The third kappa shape index (κ3) is 1.60. The highest BCUT2D eigenvalue weighted by molar-refractivity contribution is 5.67. The Morgan fingerprint density at radius 3 is 2.74 bits per heavy atom. The van der Waals surface area contributed by atoms with Gasteiger partial charge in [0.2, 0.25) is 0 Å². The van der Waals surface area contributed by atoms with Gasteiger partial charge < -0.3 is 0 Å². The van der Waals surface area contributed by atoms with Crippen molar-refractivity contribution in [3.63, 3.8) is 0 Å². The summed E-state index contributed by atoms with van der Waals surface area (Å²) in [5, 5.41) is 0. The van der Waals surface area contributed by atoms with Crippen molar-refractivity contribution in [2.45, 2.75) is 12.8 Å². The first-order valence-electron chi connectivity index (χ1n) is 6.97. The van der Waals surface area contributed by atoms with Crippen LogP contribution in [0.1, 0.15) is 12.8 Å². The molecule has 4 rings (SSSR count). The average Bonchev–Trinajstić information content (AvgIpc) is 2.58. The summed E-state index contributed by atoms with van der Waals surface area (Å²) in [6.07, 6.45) is 26.7. The maximum absolute atomic E-state index is 2.35. The number of allylic oxidation sites excluding steroid dienone is 16. The van der Waals surface area contributed by atoms with Gasteiger partial charge in [-0.1, -0.05) is 72.4 Å². The summed E-state index contributed by atoms with van der Waals surface area (Å²) < 4.78 is 0. The molecule has 1 atom stereocenters. The van der Waals surface area contributed by atoms with Gasteiger partial charge in [-0.15, -0.1) is 0 Å². The summed E-state index contributed by atoms with van der Waals surface area (Å²) in [4.78, 5) is 0. The van der Waals surface area contributed by atoms with Gasteiger partial charge in [-0.25, -0.2) is 0 Å². The van der Waals surface area contributed by atoms with E-state index in [9.17, 15) is 0 Å². The number of hydrogen-bond acceptors (Lipinski definition) is 0. The Labute approximate surface area is 114 Å². The number of hydrogen-bond donors (Lipinski definition) is 0. The fourth-order valence-corrected chi connectivity index (χ4v) is 3.45.